The zero-order valence-electron chi connectivity index (χ0n) is 16.0. The summed E-state index contributed by atoms with van der Waals surface area (Å²) in [6, 6.07) is 4.37. The molecular formula is C18H40FeOPSi. The van der Waals surface area contributed by atoms with Gasteiger partial charge in [-0.3, -0.25) is 0 Å². The normalized spacial score (nSPS) is 12.1. The first-order chi connectivity index (χ1) is 10.2. The molecule has 0 bridgehead atoms. The summed E-state index contributed by atoms with van der Waals surface area (Å²) < 4.78 is 7.50. The Balaban J connectivity index is -0.000000103. The molecule has 4 heteroatoms. The van der Waals surface area contributed by atoms with E-state index in [4.69, 9.17) is 4.65 Å². The van der Waals surface area contributed by atoms with Crippen LogP contribution in [0.3, 0.4) is 0 Å². The van der Waals surface area contributed by atoms with Crippen molar-refractivity contribution in [1.82, 2.24) is 0 Å². The Labute approximate surface area is 155 Å². The minimum atomic E-state index is 0. The first kappa shape index (κ1) is 30.8. The summed E-state index contributed by atoms with van der Waals surface area (Å²) in [5.41, 5.74) is 0. The minimum absolute atomic E-state index is 0. The largest absolute Gasteiger partial charge is 0 e. The second-order valence-corrected chi connectivity index (χ2v) is 12.1. The molecule has 0 N–H and O–H groups in total. The monoisotopic (exact) mass is 387 g/mol. The smallest absolute Gasteiger partial charge is 0 e. The maximum Gasteiger partial charge on any atom is 0 e. The fourth-order valence-corrected chi connectivity index (χ4v) is 5.15. The van der Waals surface area contributed by atoms with Gasteiger partial charge in [0, 0.05) is 25.9 Å². The molecule has 0 aromatic rings. The molecule has 0 spiro atoms. The molecule has 0 aromatic heterocycles. The third-order valence-corrected chi connectivity index (χ3v) is 9.77. The molecule has 135 valence electrons. The number of rotatable bonds is 6. The second-order valence-electron chi connectivity index (χ2n) is 5.20. The van der Waals surface area contributed by atoms with E-state index in [1.807, 2.05) is 0 Å². The van der Waals surface area contributed by atoms with Crippen LogP contribution in [0, 0.1) is 6.65 Å². The van der Waals surface area contributed by atoms with Gasteiger partial charge in [-0.25, -0.2) is 0 Å². The maximum absolute atomic E-state index is 7.50. The van der Waals surface area contributed by atoms with Gasteiger partial charge in [0.05, 0.1) is 0 Å². The van der Waals surface area contributed by atoms with Crippen molar-refractivity contribution in [2.75, 3.05) is 18.5 Å². The molecule has 1 fully saturated rings. The zero-order valence-corrected chi connectivity index (χ0v) is 19.0. The van der Waals surface area contributed by atoms with Crippen LogP contribution in [0.4, 0.5) is 0 Å². The third-order valence-electron chi connectivity index (χ3n) is 4.09. The minimum Gasteiger partial charge on any atom is 0 e. The van der Waals surface area contributed by atoms with Crippen molar-refractivity contribution in [1.29, 1.82) is 0 Å². The van der Waals surface area contributed by atoms with Gasteiger partial charge in [-0.1, -0.05) is 91.8 Å². The summed E-state index contributed by atoms with van der Waals surface area (Å²) in [5, 5.41) is 0. The van der Waals surface area contributed by atoms with Gasteiger partial charge >= 0.3 is 11.3 Å². The van der Waals surface area contributed by atoms with E-state index in [2.05, 4.69) is 48.2 Å². The van der Waals surface area contributed by atoms with Crippen LogP contribution in [0.2, 0.25) is 18.1 Å². The summed E-state index contributed by atoms with van der Waals surface area (Å²) in [6.07, 6.45) is 11.8. The fourth-order valence-electron chi connectivity index (χ4n) is 2.30. The summed E-state index contributed by atoms with van der Waals surface area (Å²) in [5.74, 6) is 0. The Hall–Kier alpha value is 0.906. The molecule has 1 radical (unpaired) electrons. The van der Waals surface area contributed by atoms with Gasteiger partial charge in [-0.05, 0) is 18.5 Å². The van der Waals surface area contributed by atoms with Crippen molar-refractivity contribution >= 4 is 16.7 Å². The number of hydrogen-bond acceptors (Lipinski definition) is 0. The Morgan fingerprint density at radius 2 is 0.909 bits per heavy atom. The summed E-state index contributed by atoms with van der Waals surface area (Å²) in [6.45, 7) is 18.3. The Bertz CT molecular complexity index is 149. The van der Waals surface area contributed by atoms with Crippen molar-refractivity contribution in [2.45, 2.75) is 91.8 Å². The summed E-state index contributed by atoms with van der Waals surface area (Å²) >= 11 is 0. The SMILES string of the molecule is C1CCCC1.CCP(CC)CC.CC[Si](CC)CC.[C-]#[O+].[Fe]. The van der Waals surface area contributed by atoms with E-state index in [0.717, 1.165) is 0 Å². The van der Waals surface area contributed by atoms with Crippen molar-refractivity contribution < 1.29 is 21.7 Å². The molecule has 1 nitrogen and oxygen atoms in total. The molecule has 0 unspecified atom stereocenters. The third kappa shape index (κ3) is 25.8. The van der Waals surface area contributed by atoms with E-state index in [1.54, 1.807) is 0 Å². The van der Waals surface area contributed by atoms with Crippen LogP contribution in [0.1, 0.15) is 73.6 Å². The van der Waals surface area contributed by atoms with Crippen molar-refractivity contribution in [3.63, 3.8) is 0 Å². The Morgan fingerprint density at radius 1 is 0.682 bits per heavy atom. The summed E-state index contributed by atoms with van der Waals surface area (Å²) in [7, 11) is 0.583. The van der Waals surface area contributed by atoms with E-state index in [9.17, 15) is 0 Å². The second kappa shape index (κ2) is 29.9. The van der Waals surface area contributed by atoms with E-state index in [1.165, 1.54) is 68.7 Å². The molecule has 0 aromatic carbocycles. The maximum atomic E-state index is 7.50. The van der Waals surface area contributed by atoms with E-state index >= 15 is 0 Å². The van der Waals surface area contributed by atoms with E-state index in [-0.39, 0.29) is 25.9 Å². The first-order valence-corrected chi connectivity index (χ1v) is 13.0. The van der Waals surface area contributed by atoms with Crippen LogP contribution in [0.5, 0.6) is 0 Å². The van der Waals surface area contributed by atoms with Crippen LogP contribution in [0.25, 0.3) is 0 Å². The average molecular weight is 387 g/mol. The van der Waals surface area contributed by atoms with Crippen LogP contribution in [0.15, 0.2) is 0 Å². The molecule has 0 heterocycles. The van der Waals surface area contributed by atoms with Crippen molar-refractivity contribution in [3.8, 4) is 0 Å². The average Bonchev–Trinajstić information content (AvgIpc) is 3.13. The van der Waals surface area contributed by atoms with Crippen LogP contribution in [-0.2, 0) is 21.7 Å². The first-order valence-electron chi connectivity index (χ1n) is 8.96. The standard InChI is InChI=1S/C6H15P.C6H15Si.C5H10.CO.Fe/c2*1-4-7(5-2)6-3;1-2-4-5-3-1;1-2;/h2*4-6H2,1-3H3;1-5H2;;. The Morgan fingerprint density at radius 3 is 0.955 bits per heavy atom. The summed E-state index contributed by atoms with van der Waals surface area (Å²) in [4.78, 5) is 0. The van der Waals surface area contributed by atoms with Gasteiger partial charge in [-0.2, -0.15) is 0 Å². The van der Waals surface area contributed by atoms with Crippen LogP contribution >= 0.6 is 7.92 Å². The molecule has 1 aliphatic rings. The van der Waals surface area contributed by atoms with Gasteiger partial charge in [-0.15, -0.1) is 7.92 Å². The molecule has 0 amide bonds. The van der Waals surface area contributed by atoms with Gasteiger partial charge < -0.3 is 0 Å². The molecule has 22 heavy (non-hydrogen) atoms. The van der Waals surface area contributed by atoms with Gasteiger partial charge in [0.1, 0.15) is 0 Å². The van der Waals surface area contributed by atoms with Gasteiger partial charge in [0.25, 0.3) is 0 Å². The molecule has 1 aliphatic carbocycles. The van der Waals surface area contributed by atoms with Crippen molar-refractivity contribution in [2.24, 2.45) is 0 Å². The predicted molar refractivity (Wildman–Crippen MR) is 103 cm³/mol. The quantitative estimate of drug-likeness (QED) is 0.203. The predicted octanol–water partition coefficient (Wildman–Crippen LogP) is 6.98. The molecule has 0 saturated heterocycles. The van der Waals surface area contributed by atoms with E-state index in [0.29, 0.717) is 7.92 Å². The topological polar surface area (TPSA) is 19.9 Å². The molecule has 0 aliphatic heterocycles. The zero-order chi connectivity index (χ0) is 16.9. The van der Waals surface area contributed by atoms with Crippen LogP contribution in [-0.4, -0.2) is 27.3 Å². The molecule has 1 saturated carbocycles. The van der Waals surface area contributed by atoms with E-state index < -0.39 is 0 Å². The van der Waals surface area contributed by atoms with Gasteiger partial charge in [0.15, 0.2) is 0 Å². The van der Waals surface area contributed by atoms with Gasteiger partial charge in [0.2, 0.25) is 0 Å². The molecular weight excluding hydrogens is 347 g/mol. The molecule has 0 atom stereocenters. The number of hydrogen-bond donors (Lipinski definition) is 0. The van der Waals surface area contributed by atoms with Crippen molar-refractivity contribution in [3.05, 3.63) is 6.65 Å². The molecule has 1 rings (SSSR count). The van der Waals surface area contributed by atoms with Crippen LogP contribution < -0.4 is 0 Å². The Kier molecular flexibility index (Phi) is 41.7. The fraction of sp³-hybridized carbons (Fsp3) is 0.944.